The molecule has 168 valence electrons. The van der Waals surface area contributed by atoms with Crippen LogP contribution < -0.4 is 16.0 Å². The van der Waals surface area contributed by atoms with Gasteiger partial charge in [-0.2, -0.15) is 0 Å². The Morgan fingerprint density at radius 1 is 1.30 bits per heavy atom. The molecule has 0 atom stereocenters. The third kappa shape index (κ3) is 8.75. The molecule has 0 aromatic carbocycles. The van der Waals surface area contributed by atoms with Gasteiger partial charge >= 0.3 is 6.09 Å². The Labute approximate surface area is 178 Å². The molecule has 0 saturated carbocycles. The molecule has 0 unspecified atom stereocenters. The molecular formula is C21H35N5O4. The zero-order chi connectivity index (χ0) is 22.0. The van der Waals surface area contributed by atoms with E-state index in [-0.39, 0.29) is 30.1 Å². The number of nitrogens with zero attached hydrogens (tertiary/aromatic N) is 2. The third-order valence-corrected chi connectivity index (χ3v) is 4.50. The number of carbonyl (C=O) groups excluding carboxylic acids is 2. The zero-order valence-corrected chi connectivity index (χ0v) is 18.5. The monoisotopic (exact) mass is 421 g/mol. The van der Waals surface area contributed by atoms with Crippen molar-refractivity contribution in [1.29, 1.82) is 0 Å². The van der Waals surface area contributed by atoms with Crippen LogP contribution in [0.1, 0.15) is 46.3 Å². The molecule has 0 radical (unpaired) electrons. The summed E-state index contributed by atoms with van der Waals surface area (Å²) in [6.45, 7) is 9.91. The number of amides is 2. The normalized spacial score (nSPS) is 15.6. The van der Waals surface area contributed by atoms with Crippen molar-refractivity contribution in [3.63, 3.8) is 0 Å². The van der Waals surface area contributed by atoms with Gasteiger partial charge in [0.05, 0.1) is 12.9 Å². The maximum Gasteiger partial charge on any atom is 0.409 e. The van der Waals surface area contributed by atoms with Gasteiger partial charge in [0, 0.05) is 37.6 Å². The molecule has 1 aromatic rings. The van der Waals surface area contributed by atoms with Gasteiger partial charge in [0.25, 0.3) is 0 Å². The summed E-state index contributed by atoms with van der Waals surface area (Å²) < 4.78 is 10.4. The van der Waals surface area contributed by atoms with Crippen LogP contribution in [-0.4, -0.2) is 67.2 Å². The van der Waals surface area contributed by atoms with Gasteiger partial charge in [-0.25, -0.2) is 9.79 Å². The second-order valence-electron chi connectivity index (χ2n) is 8.32. The van der Waals surface area contributed by atoms with Crippen LogP contribution in [0.4, 0.5) is 4.79 Å². The van der Waals surface area contributed by atoms with Crippen molar-refractivity contribution in [2.75, 3.05) is 32.8 Å². The van der Waals surface area contributed by atoms with Crippen molar-refractivity contribution in [2.45, 2.75) is 58.5 Å². The van der Waals surface area contributed by atoms with Crippen LogP contribution in [0.25, 0.3) is 0 Å². The summed E-state index contributed by atoms with van der Waals surface area (Å²) in [5.41, 5.74) is -0.299. The second kappa shape index (κ2) is 11.5. The van der Waals surface area contributed by atoms with Crippen LogP contribution in [0, 0.1) is 0 Å². The van der Waals surface area contributed by atoms with E-state index in [1.165, 1.54) is 0 Å². The Morgan fingerprint density at radius 2 is 2.03 bits per heavy atom. The van der Waals surface area contributed by atoms with Crippen LogP contribution >= 0.6 is 0 Å². The molecule has 0 aliphatic carbocycles. The number of guanidine groups is 1. The van der Waals surface area contributed by atoms with E-state index in [4.69, 9.17) is 9.15 Å². The van der Waals surface area contributed by atoms with Crippen molar-refractivity contribution >= 4 is 18.0 Å². The molecule has 1 saturated heterocycles. The van der Waals surface area contributed by atoms with Crippen LogP contribution in [-0.2, 0) is 16.0 Å². The highest BCUT2D eigenvalue weighted by molar-refractivity contribution is 5.85. The van der Waals surface area contributed by atoms with Gasteiger partial charge in [0.1, 0.15) is 12.3 Å². The zero-order valence-electron chi connectivity index (χ0n) is 18.5. The number of rotatable bonds is 7. The van der Waals surface area contributed by atoms with E-state index in [0.29, 0.717) is 38.6 Å². The van der Waals surface area contributed by atoms with Crippen LogP contribution in [0.5, 0.6) is 0 Å². The van der Waals surface area contributed by atoms with E-state index < -0.39 is 0 Å². The highest BCUT2D eigenvalue weighted by Crippen LogP contribution is 2.11. The summed E-state index contributed by atoms with van der Waals surface area (Å²) in [6, 6.07) is 3.95. The SMILES string of the molecule is CCOC(=O)N1CCC(NC(=NCC(=O)NC(C)(C)C)NCCc2ccco2)CC1. The molecule has 9 nitrogen and oxygen atoms in total. The number of hydrogen-bond donors (Lipinski definition) is 3. The Morgan fingerprint density at radius 3 is 2.63 bits per heavy atom. The summed E-state index contributed by atoms with van der Waals surface area (Å²) in [6.07, 6.45) is 3.66. The second-order valence-corrected chi connectivity index (χ2v) is 8.32. The summed E-state index contributed by atoms with van der Waals surface area (Å²) in [7, 11) is 0. The first kappa shape index (κ1) is 23.6. The fourth-order valence-electron chi connectivity index (χ4n) is 3.13. The number of piperidine rings is 1. The highest BCUT2D eigenvalue weighted by Gasteiger charge is 2.24. The quantitative estimate of drug-likeness (QED) is 0.458. The summed E-state index contributed by atoms with van der Waals surface area (Å²) in [5, 5.41) is 9.58. The van der Waals surface area contributed by atoms with Crippen molar-refractivity contribution in [3.05, 3.63) is 24.2 Å². The van der Waals surface area contributed by atoms with E-state index in [1.807, 2.05) is 32.9 Å². The van der Waals surface area contributed by atoms with Gasteiger partial charge in [0.15, 0.2) is 5.96 Å². The van der Waals surface area contributed by atoms with E-state index in [9.17, 15) is 9.59 Å². The molecule has 1 aromatic heterocycles. The molecule has 0 bridgehead atoms. The summed E-state index contributed by atoms with van der Waals surface area (Å²) >= 11 is 0. The molecule has 2 heterocycles. The Hall–Kier alpha value is -2.71. The summed E-state index contributed by atoms with van der Waals surface area (Å²) in [4.78, 5) is 30.2. The number of likely N-dealkylation sites (tertiary alicyclic amines) is 1. The average molecular weight is 422 g/mol. The summed E-state index contributed by atoms with van der Waals surface area (Å²) in [5.74, 6) is 1.34. The van der Waals surface area contributed by atoms with Gasteiger partial charge in [0.2, 0.25) is 5.91 Å². The number of ether oxygens (including phenoxy) is 1. The standard InChI is InChI=1S/C21H35N5O4/c1-5-29-20(28)26-12-9-16(10-13-26)24-19(22-11-8-17-7-6-14-30-17)23-15-18(27)25-21(2,3)4/h6-7,14,16H,5,8-13,15H2,1-4H3,(H,25,27)(H2,22,23,24). The first-order valence-corrected chi connectivity index (χ1v) is 10.6. The molecular weight excluding hydrogens is 386 g/mol. The fourth-order valence-corrected chi connectivity index (χ4v) is 3.13. The van der Waals surface area contributed by atoms with E-state index >= 15 is 0 Å². The van der Waals surface area contributed by atoms with E-state index in [2.05, 4.69) is 20.9 Å². The predicted octanol–water partition coefficient (Wildman–Crippen LogP) is 1.89. The molecule has 2 amide bonds. The van der Waals surface area contributed by atoms with Crippen LogP contribution in [0.15, 0.2) is 27.8 Å². The maximum atomic E-state index is 12.1. The van der Waals surface area contributed by atoms with E-state index in [0.717, 1.165) is 18.6 Å². The van der Waals surface area contributed by atoms with Crippen molar-refractivity contribution < 1.29 is 18.7 Å². The predicted molar refractivity (Wildman–Crippen MR) is 115 cm³/mol. The lowest BCUT2D eigenvalue weighted by Gasteiger charge is -2.32. The molecule has 0 spiro atoms. The van der Waals surface area contributed by atoms with Crippen LogP contribution in [0.2, 0.25) is 0 Å². The minimum atomic E-state index is -0.299. The van der Waals surface area contributed by atoms with Gasteiger partial charge in [-0.1, -0.05) is 0 Å². The molecule has 9 heteroatoms. The number of nitrogens with one attached hydrogen (secondary N) is 3. The molecule has 1 aliphatic rings. The minimum Gasteiger partial charge on any atom is -0.469 e. The fraction of sp³-hybridized carbons (Fsp3) is 0.667. The van der Waals surface area contributed by atoms with Gasteiger partial charge in [-0.05, 0) is 52.7 Å². The maximum absolute atomic E-state index is 12.1. The van der Waals surface area contributed by atoms with Gasteiger partial charge in [-0.3, -0.25) is 4.79 Å². The van der Waals surface area contributed by atoms with Gasteiger partial charge < -0.3 is 30.0 Å². The lowest BCUT2D eigenvalue weighted by Crippen LogP contribution is -2.50. The van der Waals surface area contributed by atoms with Gasteiger partial charge in [-0.15, -0.1) is 0 Å². The lowest BCUT2D eigenvalue weighted by molar-refractivity contribution is -0.121. The van der Waals surface area contributed by atoms with E-state index in [1.54, 1.807) is 18.1 Å². The Kier molecular flexibility index (Phi) is 9.01. The van der Waals surface area contributed by atoms with Crippen molar-refractivity contribution in [2.24, 2.45) is 4.99 Å². The number of hydrogen-bond acceptors (Lipinski definition) is 5. The molecule has 3 N–H and O–H groups in total. The number of aliphatic imine (C=N–C) groups is 1. The molecule has 30 heavy (non-hydrogen) atoms. The largest absolute Gasteiger partial charge is 0.469 e. The number of furan rings is 1. The smallest absolute Gasteiger partial charge is 0.409 e. The third-order valence-electron chi connectivity index (χ3n) is 4.50. The molecule has 2 rings (SSSR count). The first-order chi connectivity index (χ1) is 14.3. The first-order valence-electron chi connectivity index (χ1n) is 10.6. The minimum absolute atomic E-state index is 0.0367. The number of carbonyl (C=O) groups is 2. The highest BCUT2D eigenvalue weighted by atomic mass is 16.6. The molecule has 1 aliphatic heterocycles. The topological polar surface area (TPSA) is 108 Å². The van der Waals surface area contributed by atoms with Crippen LogP contribution in [0.3, 0.4) is 0 Å². The lowest BCUT2D eigenvalue weighted by atomic mass is 10.1. The molecule has 1 fully saturated rings. The van der Waals surface area contributed by atoms with Crippen molar-refractivity contribution in [1.82, 2.24) is 20.9 Å². The Balaban J connectivity index is 1.89. The van der Waals surface area contributed by atoms with Crippen molar-refractivity contribution in [3.8, 4) is 0 Å². The Bertz CT molecular complexity index is 689. The average Bonchev–Trinajstić information content (AvgIpc) is 3.19.